The molecule has 0 spiro atoms. The SMILES string of the molecule is Cc1ccc(C(C)N2CC(CS(=O)(=O)Cl)CC2=O)c(C)c1. The minimum absolute atomic E-state index is 0.00667. The molecule has 0 bridgehead atoms. The van der Waals surface area contributed by atoms with Crippen molar-refractivity contribution in [3.63, 3.8) is 0 Å². The predicted molar refractivity (Wildman–Crippen MR) is 83.8 cm³/mol. The molecule has 0 radical (unpaired) electrons. The van der Waals surface area contributed by atoms with E-state index in [1.807, 2.05) is 32.9 Å². The van der Waals surface area contributed by atoms with Crippen molar-refractivity contribution in [1.82, 2.24) is 4.90 Å². The van der Waals surface area contributed by atoms with Crippen LogP contribution in [0.1, 0.15) is 36.1 Å². The first-order chi connectivity index (χ1) is 9.67. The fourth-order valence-electron chi connectivity index (χ4n) is 3.04. The molecule has 1 aliphatic rings. The van der Waals surface area contributed by atoms with Gasteiger partial charge in [0.1, 0.15) is 0 Å². The summed E-state index contributed by atoms with van der Waals surface area (Å²) in [5, 5.41) is 0. The van der Waals surface area contributed by atoms with Gasteiger partial charge in [-0.05, 0) is 31.9 Å². The van der Waals surface area contributed by atoms with E-state index in [4.69, 9.17) is 10.7 Å². The number of nitrogens with zero attached hydrogens (tertiary/aromatic N) is 1. The summed E-state index contributed by atoms with van der Waals surface area (Å²) in [6.07, 6.45) is 0.251. The molecule has 0 aliphatic carbocycles. The van der Waals surface area contributed by atoms with Gasteiger partial charge in [-0.25, -0.2) is 8.42 Å². The number of aryl methyl sites for hydroxylation is 2. The average molecular weight is 330 g/mol. The van der Waals surface area contributed by atoms with Gasteiger partial charge in [-0.2, -0.15) is 0 Å². The number of hydrogen-bond donors (Lipinski definition) is 0. The molecule has 0 N–H and O–H groups in total. The second-order valence-corrected chi connectivity index (χ2v) is 8.68. The van der Waals surface area contributed by atoms with Gasteiger partial charge in [0.2, 0.25) is 15.0 Å². The van der Waals surface area contributed by atoms with E-state index in [0.29, 0.717) is 6.54 Å². The van der Waals surface area contributed by atoms with Crippen molar-refractivity contribution in [2.75, 3.05) is 12.3 Å². The lowest BCUT2D eigenvalue weighted by atomic mass is 9.99. The molecule has 1 aromatic carbocycles. The number of benzene rings is 1. The zero-order chi connectivity index (χ0) is 15.8. The minimum Gasteiger partial charge on any atom is -0.336 e. The summed E-state index contributed by atoms with van der Waals surface area (Å²) < 4.78 is 22.3. The molecule has 116 valence electrons. The fourth-order valence-corrected chi connectivity index (χ4v) is 4.36. The molecular weight excluding hydrogens is 310 g/mol. The molecule has 2 unspecified atom stereocenters. The molecule has 1 saturated heterocycles. The van der Waals surface area contributed by atoms with Crippen molar-refractivity contribution in [3.8, 4) is 0 Å². The number of halogens is 1. The van der Waals surface area contributed by atoms with E-state index in [1.165, 1.54) is 5.56 Å². The summed E-state index contributed by atoms with van der Waals surface area (Å²) in [5.74, 6) is -0.364. The third-order valence-electron chi connectivity index (χ3n) is 4.02. The first-order valence-corrected chi connectivity index (χ1v) is 9.44. The van der Waals surface area contributed by atoms with E-state index in [-0.39, 0.29) is 30.0 Å². The van der Waals surface area contributed by atoms with Gasteiger partial charge in [-0.15, -0.1) is 0 Å². The average Bonchev–Trinajstić information content (AvgIpc) is 2.66. The second kappa shape index (κ2) is 5.97. The standard InChI is InChI=1S/C15H20ClNO3S/c1-10-4-5-14(11(2)6-10)12(3)17-8-13(7-15(17)18)9-21(16,19)20/h4-6,12-13H,7-9H2,1-3H3. The first kappa shape index (κ1) is 16.3. The Morgan fingerprint density at radius 1 is 1.38 bits per heavy atom. The van der Waals surface area contributed by atoms with Crippen LogP contribution in [0.25, 0.3) is 0 Å². The summed E-state index contributed by atoms with van der Waals surface area (Å²) in [7, 11) is 1.73. The molecule has 2 rings (SSSR count). The Kier molecular flexibility index (Phi) is 4.63. The van der Waals surface area contributed by atoms with E-state index >= 15 is 0 Å². The maximum Gasteiger partial charge on any atom is 0.232 e. The van der Waals surface area contributed by atoms with E-state index in [2.05, 4.69) is 6.07 Å². The monoisotopic (exact) mass is 329 g/mol. The molecule has 2 atom stereocenters. The van der Waals surface area contributed by atoms with Gasteiger partial charge in [0.05, 0.1) is 11.8 Å². The summed E-state index contributed by atoms with van der Waals surface area (Å²) in [6, 6.07) is 6.10. The van der Waals surface area contributed by atoms with Gasteiger partial charge in [0, 0.05) is 29.6 Å². The van der Waals surface area contributed by atoms with Crippen LogP contribution in [0.2, 0.25) is 0 Å². The lowest BCUT2D eigenvalue weighted by Crippen LogP contribution is -2.29. The third kappa shape index (κ3) is 3.98. The molecule has 21 heavy (non-hydrogen) atoms. The molecule has 1 heterocycles. The summed E-state index contributed by atoms with van der Waals surface area (Å²) in [6.45, 7) is 6.48. The zero-order valence-corrected chi connectivity index (χ0v) is 14.0. The van der Waals surface area contributed by atoms with Crippen molar-refractivity contribution < 1.29 is 13.2 Å². The maximum absolute atomic E-state index is 12.2. The summed E-state index contributed by atoms with van der Waals surface area (Å²) in [5.41, 5.74) is 3.43. The van der Waals surface area contributed by atoms with Gasteiger partial charge < -0.3 is 4.90 Å². The molecule has 4 nitrogen and oxygen atoms in total. The topological polar surface area (TPSA) is 54.5 Å². The Morgan fingerprint density at radius 2 is 2.05 bits per heavy atom. The third-order valence-corrected chi connectivity index (χ3v) is 5.26. The maximum atomic E-state index is 12.2. The zero-order valence-electron chi connectivity index (χ0n) is 12.5. The summed E-state index contributed by atoms with van der Waals surface area (Å²) in [4.78, 5) is 13.9. The largest absolute Gasteiger partial charge is 0.336 e. The van der Waals surface area contributed by atoms with E-state index in [1.54, 1.807) is 4.90 Å². The Labute approximate surface area is 130 Å². The molecule has 1 fully saturated rings. The summed E-state index contributed by atoms with van der Waals surface area (Å²) >= 11 is 0. The van der Waals surface area contributed by atoms with Crippen LogP contribution in [-0.2, 0) is 13.8 Å². The van der Waals surface area contributed by atoms with E-state index < -0.39 is 9.05 Å². The lowest BCUT2D eigenvalue weighted by Gasteiger charge is -2.26. The number of amides is 1. The van der Waals surface area contributed by atoms with Gasteiger partial charge in [-0.3, -0.25) is 4.79 Å². The van der Waals surface area contributed by atoms with Crippen LogP contribution in [-0.4, -0.2) is 31.5 Å². The smallest absolute Gasteiger partial charge is 0.232 e. The van der Waals surface area contributed by atoms with E-state index in [9.17, 15) is 13.2 Å². The minimum atomic E-state index is -3.57. The van der Waals surface area contributed by atoms with Crippen molar-refractivity contribution in [2.45, 2.75) is 33.2 Å². The quantitative estimate of drug-likeness (QED) is 0.798. The van der Waals surface area contributed by atoms with Gasteiger partial charge >= 0.3 is 0 Å². The first-order valence-electron chi connectivity index (χ1n) is 6.96. The Morgan fingerprint density at radius 3 is 2.62 bits per heavy atom. The molecular formula is C15H20ClNO3S. The fraction of sp³-hybridized carbons (Fsp3) is 0.533. The number of likely N-dealkylation sites (tertiary alicyclic amines) is 1. The van der Waals surface area contributed by atoms with Gasteiger partial charge in [0.25, 0.3) is 0 Å². The molecule has 1 amide bonds. The highest BCUT2D eigenvalue weighted by Gasteiger charge is 2.35. The number of hydrogen-bond acceptors (Lipinski definition) is 3. The van der Waals surface area contributed by atoms with Crippen LogP contribution in [0.4, 0.5) is 0 Å². The number of carbonyl (C=O) groups excluding carboxylic acids is 1. The van der Waals surface area contributed by atoms with Crippen LogP contribution in [0.3, 0.4) is 0 Å². The molecule has 0 saturated carbocycles. The van der Waals surface area contributed by atoms with Crippen LogP contribution in [0, 0.1) is 19.8 Å². The van der Waals surface area contributed by atoms with Crippen LogP contribution in [0.15, 0.2) is 18.2 Å². The van der Waals surface area contributed by atoms with Crippen LogP contribution in [0.5, 0.6) is 0 Å². The number of carbonyl (C=O) groups is 1. The second-order valence-electron chi connectivity index (χ2n) is 5.86. The van der Waals surface area contributed by atoms with Gasteiger partial charge in [-0.1, -0.05) is 23.8 Å². The predicted octanol–water partition coefficient (Wildman–Crippen LogP) is 2.78. The lowest BCUT2D eigenvalue weighted by molar-refractivity contribution is -0.129. The Bertz CT molecular complexity index is 657. The molecule has 1 aliphatic heterocycles. The normalized spacial score (nSPS) is 20.9. The van der Waals surface area contributed by atoms with Crippen molar-refractivity contribution in [2.24, 2.45) is 5.92 Å². The van der Waals surface area contributed by atoms with Crippen molar-refractivity contribution >= 4 is 25.6 Å². The molecule has 1 aromatic rings. The highest BCUT2D eigenvalue weighted by Crippen LogP contribution is 2.31. The van der Waals surface area contributed by atoms with Crippen LogP contribution >= 0.6 is 10.7 Å². The highest BCUT2D eigenvalue weighted by atomic mass is 35.7. The highest BCUT2D eigenvalue weighted by molar-refractivity contribution is 8.13. The Hall–Kier alpha value is -1.07. The Balaban J connectivity index is 2.16. The van der Waals surface area contributed by atoms with Crippen molar-refractivity contribution in [3.05, 3.63) is 34.9 Å². The molecule has 6 heteroatoms. The van der Waals surface area contributed by atoms with Crippen molar-refractivity contribution in [1.29, 1.82) is 0 Å². The van der Waals surface area contributed by atoms with Gasteiger partial charge in [0.15, 0.2) is 0 Å². The van der Waals surface area contributed by atoms with E-state index in [0.717, 1.165) is 11.1 Å². The van der Waals surface area contributed by atoms with Crippen LogP contribution < -0.4 is 0 Å². The molecule has 0 aromatic heterocycles. The number of rotatable bonds is 4.